The lowest BCUT2D eigenvalue weighted by Gasteiger charge is -2.39. The molecule has 0 saturated carbocycles. The molecule has 2 atom stereocenters. The molecule has 80 valence electrons. The molecule has 0 rings (SSSR count). The van der Waals surface area contributed by atoms with Crippen LogP contribution in [0, 0.1) is 0 Å². The van der Waals surface area contributed by atoms with Gasteiger partial charge in [0.1, 0.15) is 0 Å². The normalized spacial score (nSPS) is 17.5. The third-order valence-corrected chi connectivity index (χ3v) is 8.90. The molecule has 0 heterocycles. The maximum Gasteiger partial charge on any atom is 0.329 e. The zero-order chi connectivity index (χ0) is 10.6. The zero-order valence-corrected chi connectivity index (χ0v) is 16.1. The molecule has 0 amide bonds. The number of halogens is 3. The van der Waals surface area contributed by atoms with E-state index in [4.69, 9.17) is 0 Å². The molecule has 0 bridgehead atoms. The highest BCUT2D eigenvalue weighted by Crippen LogP contribution is 2.37. The second-order valence-corrected chi connectivity index (χ2v) is 37.5. The third-order valence-electron chi connectivity index (χ3n) is 2.42. The molecule has 5 heteroatoms. The molecule has 0 fully saturated rings. The minimum Gasteiger partial charge on any atom is -0.295 e. The van der Waals surface area contributed by atoms with Gasteiger partial charge in [0.2, 0.25) is 0 Å². The fourth-order valence-electron chi connectivity index (χ4n) is 1.33. The van der Waals surface area contributed by atoms with Gasteiger partial charge in [-0.25, -0.2) is 0 Å². The van der Waals surface area contributed by atoms with E-state index in [1.54, 1.807) is 0 Å². The van der Waals surface area contributed by atoms with Gasteiger partial charge in [-0.05, 0) is 12.8 Å². The zero-order valence-electron chi connectivity index (χ0n) is 8.65. The molecule has 0 radical (unpaired) electrons. The highest BCUT2D eigenvalue weighted by Gasteiger charge is 2.36. The first kappa shape index (κ1) is 15.4. The summed E-state index contributed by atoms with van der Waals surface area (Å²) in [6.45, 7) is 9.27. The first-order valence-corrected chi connectivity index (χ1v) is 16.0. The second kappa shape index (κ2) is 6.84. The molecule has 0 aromatic heterocycles. The topological polar surface area (TPSA) is 3.24 Å². The average molecular weight is 537 g/mol. The summed E-state index contributed by atoms with van der Waals surface area (Å²) in [6.07, 6.45) is 2.52. The minimum absolute atomic E-state index is 0.729. The van der Waals surface area contributed by atoms with Crippen molar-refractivity contribution in [3.63, 3.8) is 0 Å². The first-order chi connectivity index (χ1) is 5.84. The third kappa shape index (κ3) is 5.30. The van der Waals surface area contributed by atoms with Crippen LogP contribution in [0.5, 0.6) is 0 Å². The second-order valence-electron chi connectivity index (χ2n) is 3.39. The molecule has 0 saturated heterocycles. The van der Waals surface area contributed by atoms with Crippen LogP contribution in [0.25, 0.3) is 0 Å². The molecule has 0 aliphatic carbocycles. The van der Waals surface area contributed by atoms with Gasteiger partial charge in [-0.1, -0.05) is 93.1 Å². The molecule has 13 heavy (non-hydrogen) atoms. The lowest BCUT2D eigenvalue weighted by atomic mass is 10.2. The van der Waals surface area contributed by atoms with Crippen molar-refractivity contribution < 1.29 is 0 Å². The lowest BCUT2D eigenvalue weighted by Crippen LogP contribution is -2.49. The molecule has 0 aliphatic heterocycles. The van der Waals surface area contributed by atoms with Gasteiger partial charge in [0.15, 0.2) is 0 Å². The van der Waals surface area contributed by atoms with Crippen LogP contribution in [0.3, 0.4) is 0 Å². The van der Waals surface area contributed by atoms with E-state index in [1.807, 2.05) is 0 Å². The van der Waals surface area contributed by atoms with Crippen LogP contribution < -0.4 is 0 Å². The van der Waals surface area contributed by atoms with E-state index >= 15 is 0 Å². The van der Waals surface area contributed by atoms with Gasteiger partial charge < -0.3 is 0 Å². The molecular formula is C8H18I3NSi. The largest absolute Gasteiger partial charge is 0.329 e. The Kier molecular flexibility index (Phi) is 8.09. The van der Waals surface area contributed by atoms with Gasteiger partial charge in [-0.15, -0.1) is 0 Å². The summed E-state index contributed by atoms with van der Waals surface area (Å²) in [4.78, 5) is 0. The SMILES string of the molecule is CCC(C)N(C(C)CC)[Si](I)(I)I. The molecule has 0 aliphatic rings. The standard InChI is InChI=1S/C8H18I3NSi/c1-5-7(3)12(8(4)6-2)13(9,10)11/h7-8H,5-6H2,1-4H3. The summed E-state index contributed by atoms with van der Waals surface area (Å²) in [5, 5.41) is 0. The van der Waals surface area contributed by atoms with Crippen molar-refractivity contribution >= 4 is 66.1 Å². The van der Waals surface area contributed by atoms with Crippen LogP contribution in [0.4, 0.5) is 0 Å². The highest BCUT2D eigenvalue weighted by atomic mass is 127. The van der Waals surface area contributed by atoms with Crippen LogP contribution in [-0.4, -0.2) is 17.4 Å². The van der Waals surface area contributed by atoms with E-state index in [9.17, 15) is 0 Å². The Hall–Kier alpha value is 2.37. The minimum atomic E-state index is -1.21. The predicted molar refractivity (Wildman–Crippen MR) is 89.2 cm³/mol. The Bertz CT molecular complexity index is 139. The van der Waals surface area contributed by atoms with Crippen LogP contribution in [0.15, 0.2) is 0 Å². The Morgan fingerprint density at radius 1 is 1.00 bits per heavy atom. The molecule has 0 aromatic carbocycles. The molecule has 0 aromatic rings. The Morgan fingerprint density at radius 2 is 1.31 bits per heavy atom. The summed E-state index contributed by atoms with van der Waals surface area (Å²) in [5.41, 5.74) is 0. The quantitative estimate of drug-likeness (QED) is 0.281. The van der Waals surface area contributed by atoms with Gasteiger partial charge >= 0.3 is 0.725 Å². The summed E-state index contributed by atoms with van der Waals surface area (Å²) >= 11 is 7.96. The Morgan fingerprint density at radius 3 is 1.46 bits per heavy atom. The summed E-state index contributed by atoms with van der Waals surface area (Å²) in [5.74, 6) is 0. The molecule has 1 nitrogen and oxygen atoms in total. The van der Waals surface area contributed by atoms with Crippen molar-refractivity contribution in [2.24, 2.45) is 0 Å². The van der Waals surface area contributed by atoms with Gasteiger partial charge in [-0.2, -0.15) is 0 Å². The van der Waals surface area contributed by atoms with Crippen molar-refractivity contribution in [2.75, 3.05) is 0 Å². The average Bonchev–Trinajstić information content (AvgIpc) is 2.01. The fraction of sp³-hybridized carbons (Fsp3) is 1.00. The Labute approximate surface area is 122 Å². The van der Waals surface area contributed by atoms with Gasteiger partial charge in [0.25, 0.3) is 0 Å². The van der Waals surface area contributed by atoms with Crippen molar-refractivity contribution in [1.29, 1.82) is 0 Å². The molecule has 0 N–H and O–H groups in total. The van der Waals surface area contributed by atoms with Gasteiger partial charge in [0.05, 0.1) is 0 Å². The van der Waals surface area contributed by atoms with E-state index in [0.717, 1.165) is 12.1 Å². The molecule has 0 spiro atoms. The van der Waals surface area contributed by atoms with E-state index in [1.165, 1.54) is 12.8 Å². The molecule has 2 unspecified atom stereocenters. The van der Waals surface area contributed by atoms with E-state index in [0.29, 0.717) is 0 Å². The van der Waals surface area contributed by atoms with E-state index < -0.39 is 0.725 Å². The van der Waals surface area contributed by atoms with Gasteiger partial charge in [0, 0.05) is 12.1 Å². The lowest BCUT2D eigenvalue weighted by molar-refractivity contribution is 0.272. The van der Waals surface area contributed by atoms with Crippen molar-refractivity contribution in [3.8, 4) is 0 Å². The van der Waals surface area contributed by atoms with Crippen LogP contribution in [0.2, 0.25) is 0 Å². The van der Waals surface area contributed by atoms with Crippen LogP contribution in [0.1, 0.15) is 40.5 Å². The number of nitrogens with zero attached hydrogens (tertiary/aromatic N) is 1. The first-order valence-electron chi connectivity index (χ1n) is 4.69. The summed E-state index contributed by atoms with van der Waals surface area (Å²) < 4.78 is 1.52. The monoisotopic (exact) mass is 537 g/mol. The van der Waals surface area contributed by atoms with E-state index in [-0.39, 0.29) is 0 Å². The summed E-state index contributed by atoms with van der Waals surface area (Å²) in [6, 6.07) is 1.46. The highest BCUT2D eigenvalue weighted by molar-refractivity contribution is 14.4. The number of hydrogen-bond donors (Lipinski definition) is 0. The maximum absolute atomic E-state index is 2.73. The van der Waals surface area contributed by atoms with E-state index in [2.05, 4.69) is 97.7 Å². The van der Waals surface area contributed by atoms with Crippen molar-refractivity contribution in [3.05, 3.63) is 0 Å². The van der Waals surface area contributed by atoms with Crippen molar-refractivity contribution in [1.82, 2.24) is 4.57 Å². The predicted octanol–water partition coefficient (Wildman–Crippen LogP) is 4.63. The number of hydrogen-bond acceptors (Lipinski definition) is 1. The fourth-order valence-corrected chi connectivity index (χ4v) is 11.3. The van der Waals surface area contributed by atoms with Crippen molar-refractivity contribution in [2.45, 2.75) is 52.6 Å². The maximum atomic E-state index is 2.73. The van der Waals surface area contributed by atoms with Gasteiger partial charge in [-0.3, -0.25) is 4.57 Å². The van der Waals surface area contributed by atoms with Crippen LogP contribution in [-0.2, 0) is 0 Å². The number of rotatable bonds is 5. The smallest absolute Gasteiger partial charge is 0.295 e. The van der Waals surface area contributed by atoms with Crippen LogP contribution >= 0.6 is 65.4 Å². The Balaban J connectivity index is 4.55. The summed E-state index contributed by atoms with van der Waals surface area (Å²) in [7, 11) is 0. The molecular weight excluding hydrogens is 519 g/mol.